The lowest BCUT2D eigenvalue weighted by molar-refractivity contribution is -0.139. The Bertz CT molecular complexity index is 714. The van der Waals surface area contributed by atoms with Crippen LogP contribution in [0.25, 0.3) is 0 Å². The van der Waals surface area contributed by atoms with Crippen LogP contribution >= 0.6 is 11.6 Å². The number of aliphatic hydroxyl groups is 1. The maximum absolute atomic E-state index is 12.7. The number of hydrazine groups is 1. The van der Waals surface area contributed by atoms with Crippen molar-refractivity contribution in [2.24, 2.45) is 11.8 Å². The van der Waals surface area contributed by atoms with Gasteiger partial charge in [0.1, 0.15) is 11.0 Å². The maximum Gasteiger partial charge on any atom is 0.419 e. The molecule has 1 aliphatic rings. The summed E-state index contributed by atoms with van der Waals surface area (Å²) in [5, 5.41) is 9.81. The van der Waals surface area contributed by atoms with E-state index < -0.39 is 46.6 Å². The van der Waals surface area contributed by atoms with Crippen molar-refractivity contribution in [3.63, 3.8) is 0 Å². The first-order chi connectivity index (χ1) is 12.6. The molecule has 0 saturated carbocycles. The number of pyridine rings is 1. The minimum Gasteiger partial charge on any atom is -0.393 e. The molecule has 2 N–H and O–H groups in total. The van der Waals surface area contributed by atoms with Crippen LogP contribution in [0.15, 0.2) is 12.1 Å². The predicted octanol–water partition coefficient (Wildman–Crippen LogP) is 3.64. The second-order valence-electron chi connectivity index (χ2n) is 6.57. The van der Waals surface area contributed by atoms with E-state index in [1.807, 2.05) is 6.92 Å². The number of halogens is 4. The van der Waals surface area contributed by atoms with E-state index in [9.17, 15) is 27.9 Å². The third-order valence-corrected chi connectivity index (χ3v) is 4.85. The van der Waals surface area contributed by atoms with E-state index in [0.29, 0.717) is 19.3 Å². The molecule has 3 unspecified atom stereocenters. The van der Waals surface area contributed by atoms with Gasteiger partial charge in [0.15, 0.2) is 0 Å². The van der Waals surface area contributed by atoms with Crippen molar-refractivity contribution in [2.45, 2.75) is 51.8 Å². The molecule has 2 rings (SSSR count). The fourth-order valence-electron chi connectivity index (χ4n) is 3.02. The standard InChI is InChI=1S/C17H21ClF3N3O3/c1-3-4-10(25)5-6-11-9(2)15(26)24(16(11)27)23-13-8-7-12(14(18)22-13)17(19,20)21/h7-11,25H,3-6H2,1-2H3,(H,22,23). The van der Waals surface area contributed by atoms with E-state index in [-0.39, 0.29) is 5.82 Å². The second-order valence-corrected chi connectivity index (χ2v) is 6.93. The largest absolute Gasteiger partial charge is 0.419 e. The number of nitrogens with one attached hydrogen (secondary N) is 1. The first kappa shape index (κ1) is 21.4. The molecule has 3 atom stereocenters. The molecule has 0 bridgehead atoms. The molecule has 2 amide bonds. The molecule has 0 aliphatic carbocycles. The van der Waals surface area contributed by atoms with Gasteiger partial charge < -0.3 is 5.11 Å². The van der Waals surface area contributed by atoms with Crippen LogP contribution in [0.4, 0.5) is 19.0 Å². The van der Waals surface area contributed by atoms with Crippen molar-refractivity contribution in [2.75, 3.05) is 5.43 Å². The van der Waals surface area contributed by atoms with Crippen LogP contribution in [0.2, 0.25) is 5.15 Å². The number of carbonyl (C=O) groups excluding carboxylic acids is 2. The van der Waals surface area contributed by atoms with Crippen LogP contribution in [0, 0.1) is 11.8 Å². The number of amides is 2. The summed E-state index contributed by atoms with van der Waals surface area (Å²) < 4.78 is 38.2. The molecule has 6 nitrogen and oxygen atoms in total. The van der Waals surface area contributed by atoms with Crippen molar-refractivity contribution >= 4 is 29.2 Å². The Morgan fingerprint density at radius 3 is 2.52 bits per heavy atom. The zero-order valence-corrected chi connectivity index (χ0v) is 15.6. The Morgan fingerprint density at radius 1 is 1.30 bits per heavy atom. The molecule has 150 valence electrons. The molecule has 2 heterocycles. The fraction of sp³-hybridized carbons (Fsp3) is 0.588. The summed E-state index contributed by atoms with van der Waals surface area (Å²) in [5.74, 6) is -2.37. The van der Waals surface area contributed by atoms with E-state index in [2.05, 4.69) is 10.4 Å². The number of rotatable bonds is 7. The van der Waals surface area contributed by atoms with Gasteiger partial charge in [0.25, 0.3) is 11.8 Å². The first-order valence-electron chi connectivity index (χ1n) is 8.62. The number of aromatic nitrogens is 1. The highest BCUT2D eigenvalue weighted by atomic mass is 35.5. The van der Waals surface area contributed by atoms with Gasteiger partial charge in [0.05, 0.1) is 17.6 Å². The first-order valence-corrected chi connectivity index (χ1v) is 9.00. The monoisotopic (exact) mass is 407 g/mol. The van der Waals surface area contributed by atoms with Crippen molar-refractivity contribution in [1.29, 1.82) is 0 Å². The number of imide groups is 1. The number of hydrogen-bond acceptors (Lipinski definition) is 5. The normalized spacial score (nSPS) is 21.7. The van der Waals surface area contributed by atoms with E-state index in [1.54, 1.807) is 6.92 Å². The Labute approximate surface area is 159 Å². The molecule has 1 saturated heterocycles. The highest BCUT2D eigenvalue weighted by molar-refractivity contribution is 6.30. The average molecular weight is 408 g/mol. The lowest BCUT2D eigenvalue weighted by Crippen LogP contribution is -2.37. The van der Waals surface area contributed by atoms with Gasteiger partial charge in [-0.05, 0) is 31.4 Å². The van der Waals surface area contributed by atoms with Gasteiger partial charge in [-0.2, -0.15) is 18.2 Å². The molecule has 10 heteroatoms. The molecule has 1 aromatic rings. The van der Waals surface area contributed by atoms with Gasteiger partial charge in [0, 0.05) is 5.92 Å². The molecule has 1 fully saturated rings. The van der Waals surface area contributed by atoms with Crippen molar-refractivity contribution in [3.8, 4) is 0 Å². The molecule has 0 aromatic carbocycles. The minimum atomic E-state index is -4.65. The summed E-state index contributed by atoms with van der Waals surface area (Å²) in [6.07, 6.45) is -3.04. The molecule has 27 heavy (non-hydrogen) atoms. The highest BCUT2D eigenvalue weighted by Crippen LogP contribution is 2.35. The van der Waals surface area contributed by atoms with Gasteiger partial charge in [-0.3, -0.25) is 15.0 Å². The van der Waals surface area contributed by atoms with Crippen LogP contribution in [0.3, 0.4) is 0 Å². The second kappa shape index (κ2) is 8.43. The summed E-state index contributed by atoms with van der Waals surface area (Å²) in [6.45, 7) is 3.54. The van der Waals surface area contributed by atoms with Crippen molar-refractivity contribution in [1.82, 2.24) is 9.99 Å². The summed E-state index contributed by atoms with van der Waals surface area (Å²) in [4.78, 5) is 28.5. The molecular formula is C17H21ClF3N3O3. The Morgan fingerprint density at radius 2 is 1.96 bits per heavy atom. The van der Waals surface area contributed by atoms with Gasteiger partial charge in [-0.25, -0.2) is 4.98 Å². The van der Waals surface area contributed by atoms with Crippen molar-refractivity contribution in [3.05, 3.63) is 22.8 Å². The summed E-state index contributed by atoms with van der Waals surface area (Å²) in [6, 6.07) is 1.73. The van der Waals surface area contributed by atoms with Gasteiger partial charge in [0.2, 0.25) is 0 Å². The number of aliphatic hydroxyl groups excluding tert-OH is 1. The van der Waals surface area contributed by atoms with Gasteiger partial charge >= 0.3 is 6.18 Å². The Balaban J connectivity index is 2.09. The zero-order valence-electron chi connectivity index (χ0n) is 14.9. The Kier molecular flexibility index (Phi) is 6.69. The lowest BCUT2D eigenvalue weighted by atomic mass is 9.90. The van der Waals surface area contributed by atoms with Gasteiger partial charge in [-0.15, -0.1) is 0 Å². The summed E-state index contributed by atoms with van der Waals surface area (Å²) in [5.41, 5.74) is 1.34. The average Bonchev–Trinajstić information content (AvgIpc) is 2.76. The smallest absolute Gasteiger partial charge is 0.393 e. The zero-order chi connectivity index (χ0) is 20.4. The van der Waals surface area contributed by atoms with Crippen LogP contribution in [0.5, 0.6) is 0 Å². The van der Waals surface area contributed by atoms with E-state index >= 15 is 0 Å². The third kappa shape index (κ3) is 4.90. The number of alkyl halides is 3. The van der Waals surface area contributed by atoms with Crippen LogP contribution in [-0.2, 0) is 15.8 Å². The number of carbonyl (C=O) groups is 2. The Hall–Kier alpha value is -1.87. The van der Waals surface area contributed by atoms with Gasteiger partial charge in [-0.1, -0.05) is 31.9 Å². The van der Waals surface area contributed by atoms with Crippen LogP contribution < -0.4 is 5.43 Å². The fourth-order valence-corrected chi connectivity index (χ4v) is 3.28. The third-order valence-electron chi connectivity index (χ3n) is 4.56. The van der Waals surface area contributed by atoms with E-state index in [4.69, 9.17) is 11.6 Å². The SMILES string of the molecule is CCCC(O)CCC1C(=O)N(Nc2ccc(C(F)(F)F)c(Cl)n2)C(=O)C1C. The minimum absolute atomic E-state index is 0.145. The highest BCUT2D eigenvalue weighted by Gasteiger charge is 2.45. The van der Waals surface area contributed by atoms with Crippen LogP contribution in [-0.4, -0.2) is 33.0 Å². The maximum atomic E-state index is 12.7. The molecule has 0 radical (unpaired) electrons. The number of hydrogen-bond donors (Lipinski definition) is 2. The predicted molar refractivity (Wildman–Crippen MR) is 92.5 cm³/mol. The van der Waals surface area contributed by atoms with E-state index in [0.717, 1.165) is 23.6 Å². The molecular weight excluding hydrogens is 387 g/mol. The number of anilines is 1. The number of nitrogens with zero attached hydrogens (tertiary/aromatic N) is 2. The molecule has 0 spiro atoms. The van der Waals surface area contributed by atoms with Crippen LogP contribution in [0.1, 0.15) is 45.1 Å². The summed E-state index contributed by atoms with van der Waals surface area (Å²) >= 11 is 5.56. The summed E-state index contributed by atoms with van der Waals surface area (Å²) in [7, 11) is 0. The van der Waals surface area contributed by atoms with Crippen molar-refractivity contribution < 1.29 is 27.9 Å². The molecule has 1 aromatic heterocycles. The lowest BCUT2D eigenvalue weighted by Gasteiger charge is -2.18. The van der Waals surface area contributed by atoms with E-state index in [1.165, 1.54) is 0 Å². The quantitative estimate of drug-likeness (QED) is 0.532. The molecule has 1 aliphatic heterocycles. The topological polar surface area (TPSA) is 82.5 Å².